The summed E-state index contributed by atoms with van der Waals surface area (Å²) in [5.41, 5.74) is 7.28. The van der Waals surface area contributed by atoms with Crippen LogP contribution < -0.4 is 15.8 Å². The fraction of sp³-hybridized carbons (Fsp3) is 0.632. The van der Waals surface area contributed by atoms with E-state index in [1.165, 1.54) is 18.4 Å². The van der Waals surface area contributed by atoms with Crippen molar-refractivity contribution in [3.05, 3.63) is 29.8 Å². The van der Waals surface area contributed by atoms with E-state index in [1.807, 2.05) is 12.1 Å². The minimum absolute atomic E-state index is 0. The summed E-state index contributed by atoms with van der Waals surface area (Å²) in [4.78, 5) is 7.03. The van der Waals surface area contributed by atoms with Gasteiger partial charge in [-0.1, -0.05) is 19.1 Å². The highest BCUT2D eigenvalue weighted by atomic mass is 127. The lowest BCUT2D eigenvalue weighted by atomic mass is 9.96. The van der Waals surface area contributed by atoms with Crippen molar-refractivity contribution in [3.63, 3.8) is 0 Å². The Hall–Kier alpha value is -1.02. The Bertz CT molecular complexity index is 513. The van der Waals surface area contributed by atoms with Crippen LogP contribution >= 0.6 is 24.0 Å². The first-order valence-electron chi connectivity index (χ1n) is 9.02. The number of rotatable bonds is 7. The summed E-state index contributed by atoms with van der Waals surface area (Å²) in [5, 5.41) is 3.23. The zero-order valence-electron chi connectivity index (χ0n) is 15.7. The summed E-state index contributed by atoms with van der Waals surface area (Å²) in [6, 6.07) is 8.75. The van der Waals surface area contributed by atoms with Gasteiger partial charge < -0.3 is 15.8 Å². The molecule has 0 aromatic heterocycles. The Labute approximate surface area is 169 Å². The molecule has 0 bridgehead atoms. The fourth-order valence-corrected chi connectivity index (χ4v) is 2.94. The first-order chi connectivity index (χ1) is 11.6. The van der Waals surface area contributed by atoms with Crippen LogP contribution in [0.1, 0.15) is 38.7 Å². The van der Waals surface area contributed by atoms with Gasteiger partial charge in [0.05, 0.1) is 7.11 Å². The number of nitrogens with two attached hydrogens (primary N) is 1. The molecule has 0 spiro atoms. The molecular formula is C19H33IN4O. The molecule has 6 heteroatoms. The highest BCUT2D eigenvalue weighted by Crippen LogP contribution is 2.20. The number of halogens is 1. The lowest BCUT2D eigenvalue weighted by Crippen LogP contribution is -2.39. The molecule has 1 heterocycles. The average molecular weight is 460 g/mol. The van der Waals surface area contributed by atoms with Gasteiger partial charge in [-0.05, 0) is 62.9 Å². The largest absolute Gasteiger partial charge is 0.497 e. The second-order valence-electron chi connectivity index (χ2n) is 6.75. The van der Waals surface area contributed by atoms with Gasteiger partial charge in [-0.2, -0.15) is 0 Å². The number of aliphatic imine (C=N–C) groups is 1. The van der Waals surface area contributed by atoms with Crippen LogP contribution in [-0.4, -0.2) is 43.6 Å². The molecule has 5 nitrogen and oxygen atoms in total. The molecule has 0 saturated carbocycles. The molecule has 1 aromatic rings. The predicted molar refractivity (Wildman–Crippen MR) is 116 cm³/mol. The topological polar surface area (TPSA) is 62.9 Å². The summed E-state index contributed by atoms with van der Waals surface area (Å²) in [6.07, 6.45) is 3.44. The van der Waals surface area contributed by atoms with Crippen LogP contribution in [0.5, 0.6) is 5.75 Å². The zero-order chi connectivity index (χ0) is 17.4. The zero-order valence-corrected chi connectivity index (χ0v) is 18.0. The Morgan fingerprint density at radius 1 is 1.32 bits per heavy atom. The smallest absolute Gasteiger partial charge is 0.188 e. The lowest BCUT2D eigenvalue weighted by Gasteiger charge is -2.31. The number of guanidine groups is 1. The van der Waals surface area contributed by atoms with E-state index < -0.39 is 0 Å². The highest BCUT2D eigenvalue weighted by Gasteiger charge is 2.19. The second kappa shape index (κ2) is 11.6. The van der Waals surface area contributed by atoms with Crippen molar-refractivity contribution < 1.29 is 4.74 Å². The van der Waals surface area contributed by atoms with Crippen LogP contribution in [0.25, 0.3) is 0 Å². The Balaban J connectivity index is 0.00000312. The first-order valence-corrected chi connectivity index (χ1v) is 9.02. The van der Waals surface area contributed by atoms with E-state index in [4.69, 9.17) is 10.5 Å². The van der Waals surface area contributed by atoms with E-state index in [9.17, 15) is 0 Å². The Morgan fingerprint density at radius 2 is 1.96 bits per heavy atom. The molecule has 1 fully saturated rings. The lowest BCUT2D eigenvalue weighted by molar-refractivity contribution is 0.180. The van der Waals surface area contributed by atoms with Gasteiger partial charge in [-0.3, -0.25) is 9.89 Å². The van der Waals surface area contributed by atoms with Crippen molar-refractivity contribution in [2.75, 3.05) is 26.7 Å². The maximum Gasteiger partial charge on any atom is 0.188 e. The van der Waals surface area contributed by atoms with Crippen LogP contribution in [0.15, 0.2) is 29.3 Å². The SMILES string of the molecule is CCC(C)NC(N)=NCC1CCN(Cc2ccc(OC)cc2)CC1.I. The number of likely N-dealkylation sites (tertiary alicyclic amines) is 1. The molecule has 1 aliphatic heterocycles. The van der Waals surface area contributed by atoms with E-state index in [0.29, 0.717) is 17.9 Å². The van der Waals surface area contributed by atoms with E-state index >= 15 is 0 Å². The van der Waals surface area contributed by atoms with Gasteiger partial charge in [0.15, 0.2) is 5.96 Å². The van der Waals surface area contributed by atoms with Crippen LogP contribution in [0, 0.1) is 5.92 Å². The minimum atomic E-state index is 0. The highest BCUT2D eigenvalue weighted by molar-refractivity contribution is 14.0. The van der Waals surface area contributed by atoms with E-state index in [0.717, 1.165) is 38.3 Å². The van der Waals surface area contributed by atoms with Gasteiger partial charge in [-0.15, -0.1) is 24.0 Å². The molecule has 1 aromatic carbocycles. The number of ether oxygens (including phenoxy) is 1. The van der Waals surface area contributed by atoms with Crippen LogP contribution in [-0.2, 0) is 6.54 Å². The summed E-state index contributed by atoms with van der Waals surface area (Å²) in [7, 11) is 1.70. The standard InChI is InChI=1S/C19H32N4O.HI/c1-4-15(2)22-19(20)21-13-16-9-11-23(12-10-16)14-17-5-7-18(24-3)8-6-17;/h5-8,15-16H,4,9-14H2,1-3H3,(H3,20,21,22);1H. The number of piperidine rings is 1. The van der Waals surface area contributed by atoms with Crippen molar-refractivity contribution in [2.24, 2.45) is 16.6 Å². The molecule has 0 radical (unpaired) electrons. The Kier molecular flexibility index (Phi) is 10.2. The van der Waals surface area contributed by atoms with Crippen molar-refractivity contribution >= 4 is 29.9 Å². The summed E-state index contributed by atoms with van der Waals surface area (Å²) in [5.74, 6) is 2.15. The molecule has 1 saturated heterocycles. The predicted octanol–water partition coefficient (Wildman–Crippen LogP) is 3.23. The molecule has 3 N–H and O–H groups in total. The van der Waals surface area contributed by atoms with E-state index in [2.05, 4.69) is 41.2 Å². The quantitative estimate of drug-likeness (QED) is 0.373. The number of hydrogen-bond donors (Lipinski definition) is 2. The minimum Gasteiger partial charge on any atom is -0.497 e. The van der Waals surface area contributed by atoms with Gasteiger partial charge in [0, 0.05) is 19.1 Å². The summed E-state index contributed by atoms with van der Waals surface area (Å²) >= 11 is 0. The maximum absolute atomic E-state index is 5.94. The van der Waals surface area contributed by atoms with Gasteiger partial charge in [0.2, 0.25) is 0 Å². The summed E-state index contributed by atoms with van der Waals surface area (Å²) in [6.45, 7) is 8.38. The van der Waals surface area contributed by atoms with Gasteiger partial charge in [0.1, 0.15) is 5.75 Å². The average Bonchev–Trinajstić information content (AvgIpc) is 2.61. The molecule has 1 atom stereocenters. The third-order valence-electron chi connectivity index (χ3n) is 4.80. The molecule has 1 aliphatic rings. The van der Waals surface area contributed by atoms with E-state index in [1.54, 1.807) is 7.11 Å². The van der Waals surface area contributed by atoms with Crippen molar-refractivity contribution in [3.8, 4) is 5.75 Å². The third-order valence-corrected chi connectivity index (χ3v) is 4.80. The van der Waals surface area contributed by atoms with E-state index in [-0.39, 0.29) is 24.0 Å². The third kappa shape index (κ3) is 7.81. The second-order valence-corrected chi connectivity index (χ2v) is 6.75. The molecule has 2 rings (SSSR count). The van der Waals surface area contributed by atoms with Crippen LogP contribution in [0.4, 0.5) is 0 Å². The van der Waals surface area contributed by atoms with Crippen LogP contribution in [0.3, 0.4) is 0 Å². The fourth-order valence-electron chi connectivity index (χ4n) is 2.94. The number of methoxy groups -OCH3 is 1. The van der Waals surface area contributed by atoms with Crippen molar-refractivity contribution in [2.45, 2.75) is 45.7 Å². The molecular weight excluding hydrogens is 427 g/mol. The number of benzene rings is 1. The van der Waals surface area contributed by atoms with Gasteiger partial charge >= 0.3 is 0 Å². The molecule has 25 heavy (non-hydrogen) atoms. The molecule has 142 valence electrons. The number of hydrogen-bond acceptors (Lipinski definition) is 3. The number of nitrogens with one attached hydrogen (secondary N) is 1. The van der Waals surface area contributed by atoms with Gasteiger partial charge in [0.25, 0.3) is 0 Å². The van der Waals surface area contributed by atoms with Crippen molar-refractivity contribution in [1.29, 1.82) is 0 Å². The van der Waals surface area contributed by atoms with Crippen molar-refractivity contribution in [1.82, 2.24) is 10.2 Å². The monoisotopic (exact) mass is 460 g/mol. The van der Waals surface area contributed by atoms with Gasteiger partial charge in [-0.25, -0.2) is 0 Å². The molecule has 0 amide bonds. The normalized spacial score (nSPS) is 17.6. The Morgan fingerprint density at radius 3 is 2.52 bits per heavy atom. The number of nitrogens with zero attached hydrogens (tertiary/aromatic N) is 2. The molecule has 1 unspecified atom stereocenters. The summed E-state index contributed by atoms with van der Waals surface area (Å²) < 4.78 is 5.21. The first kappa shape index (κ1) is 22.0. The maximum atomic E-state index is 5.94. The molecule has 0 aliphatic carbocycles. The van der Waals surface area contributed by atoms with Crippen LogP contribution in [0.2, 0.25) is 0 Å².